The smallest absolute Gasteiger partial charge is 0.227 e. The quantitative estimate of drug-likeness (QED) is 0.765. The highest BCUT2D eigenvalue weighted by Gasteiger charge is 2.38. The first-order valence-electron chi connectivity index (χ1n) is 7.61. The Balaban J connectivity index is 2.61. The molecule has 0 aromatic carbocycles. The highest BCUT2D eigenvalue weighted by atomic mass is 16.2. The molecule has 3 nitrogen and oxygen atoms in total. The average molecular weight is 254 g/mol. The fourth-order valence-corrected chi connectivity index (χ4v) is 3.10. The Hall–Kier alpha value is -0.570. The summed E-state index contributed by atoms with van der Waals surface area (Å²) < 4.78 is 0. The number of hydrogen-bond donors (Lipinski definition) is 2. The van der Waals surface area contributed by atoms with Crippen LogP contribution in [0.25, 0.3) is 0 Å². The van der Waals surface area contributed by atoms with Crippen molar-refractivity contribution in [1.82, 2.24) is 10.6 Å². The van der Waals surface area contributed by atoms with E-state index in [2.05, 4.69) is 38.3 Å². The van der Waals surface area contributed by atoms with Crippen molar-refractivity contribution in [3.05, 3.63) is 0 Å². The van der Waals surface area contributed by atoms with Gasteiger partial charge in [0, 0.05) is 12.6 Å². The van der Waals surface area contributed by atoms with Gasteiger partial charge in [0.2, 0.25) is 5.91 Å². The van der Waals surface area contributed by atoms with Gasteiger partial charge in [-0.25, -0.2) is 0 Å². The number of carbonyl (C=O) groups excluding carboxylic acids is 1. The Labute approximate surface area is 112 Å². The molecule has 1 saturated heterocycles. The fourth-order valence-electron chi connectivity index (χ4n) is 3.10. The van der Waals surface area contributed by atoms with Crippen molar-refractivity contribution < 1.29 is 4.79 Å². The van der Waals surface area contributed by atoms with Crippen LogP contribution in [0.1, 0.15) is 59.8 Å². The molecule has 1 heterocycles. The number of piperidine rings is 1. The van der Waals surface area contributed by atoms with Crippen LogP contribution in [0.3, 0.4) is 0 Å². The largest absolute Gasteiger partial charge is 0.353 e. The van der Waals surface area contributed by atoms with Gasteiger partial charge >= 0.3 is 0 Å². The van der Waals surface area contributed by atoms with Crippen molar-refractivity contribution in [2.75, 3.05) is 13.1 Å². The van der Waals surface area contributed by atoms with E-state index in [-0.39, 0.29) is 17.4 Å². The van der Waals surface area contributed by atoms with Crippen molar-refractivity contribution in [2.24, 2.45) is 11.3 Å². The van der Waals surface area contributed by atoms with Gasteiger partial charge in [-0.05, 0) is 38.6 Å². The predicted molar refractivity (Wildman–Crippen MR) is 76.5 cm³/mol. The Bertz CT molecular complexity index is 255. The summed E-state index contributed by atoms with van der Waals surface area (Å²) in [6, 6.07) is 0.290. The number of nitrogens with one attached hydrogen (secondary N) is 2. The number of carbonyl (C=O) groups is 1. The molecule has 1 aliphatic heterocycles. The molecule has 1 fully saturated rings. The molecule has 1 rings (SSSR count). The van der Waals surface area contributed by atoms with Crippen LogP contribution in [0.4, 0.5) is 0 Å². The SMILES string of the molecule is CCC(CC)C(C)NC(=O)C1(CC)CCCNC1. The summed E-state index contributed by atoms with van der Waals surface area (Å²) in [6.45, 7) is 10.6. The Morgan fingerprint density at radius 1 is 1.33 bits per heavy atom. The molecule has 18 heavy (non-hydrogen) atoms. The van der Waals surface area contributed by atoms with E-state index < -0.39 is 0 Å². The second-order valence-electron chi connectivity index (χ2n) is 5.75. The molecule has 106 valence electrons. The standard InChI is InChI=1S/C15H30N2O/c1-5-13(6-2)12(4)17-14(18)15(7-3)9-8-10-16-11-15/h12-13,16H,5-11H2,1-4H3,(H,17,18). The lowest BCUT2D eigenvalue weighted by molar-refractivity contribution is -0.133. The van der Waals surface area contributed by atoms with Gasteiger partial charge < -0.3 is 10.6 Å². The maximum atomic E-state index is 12.5. The monoisotopic (exact) mass is 254 g/mol. The van der Waals surface area contributed by atoms with Crippen LogP contribution in [0.15, 0.2) is 0 Å². The van der Waals surface area contributed by atoms with Gasteiger partial charge in [0.15, 0.2) is 0 Å². The molecule has 0 bridgehead atoms. The van der Waals surface area contributed by atoms with E-state index in [1.54, 1.807) is 0 Å². The minimum Gasteiger partial charge on any atom is -0.353 e. The second kappa shape index (κ2) is 7.13. The minimum absolute atomic E-state index is 0.168. The first kappa shape index (κ1) is 15.5. The molecule has 0 aromatic rings. The van der Waals surface area contributed by atoms with Crippen LogP contribution in [0, 0.1) is 11.3 Å². The van der Waals surface area contributed by atoms with Gasteiger partial charge in [-0.15, -0.1) is 0 Å². The van der Waals surface area contributed by atoms with Crippen LogP contribution in [0.5, 0.6) is 0 Å². The summed E-state index contributed by atoms with van der Waals surface area (Å²) in [7, 11) is 0. The van der Waals surface area contributed by atoms with Crippen molar-refractivity contribution in [2.45, 2.75) is 65.8 Å². The van der Waals surface area contributed by atoms with E-state index >= 15 is 0 Å². The lowest BCUT2D eigenvalue weighted by Crippen LogP contribution is -2.53. The zero-order valence-electron chi connectivity index (χ0n) is 12.5. The van der Waals surface area contributed by atoms with E-state index in [1.165, 1.54) is 0 Å². The lowest BCUT2D eigenvalue weighted by Gasteiger charge is -2.37. The maximum absolute atomic E-state index is 12.5. The molecular formula is C15H30N2O. The molecular weight excluding hydrogens is 224 g/mol. The summed E-state index contributed by atoms with van der Waals surface area (Å²) in [5, 5.41) is 6.64. The summed E-state index contributed by atoms with van der Waals surface area (Å²) in [6.07, 6.45) is 5.34. The van der Waals surface area contributed by atoms with Crippen molar-refractivity contribution in [1.29, 1.82) is 0 Å². The van der Waals surface area contributed by atoms with Gasteiger partial charge in [-0.2, -0.15) is 0 Å². The molecule has 0 radical (unpaired) electrons. The highest BCUT2D eigenvalue weighted by molar-refractivity contribution is 5.83. The molecule has 1 aliphatic rings. The molecule has 1 amide bonds. The Morgan fingerprint density at radius 3 is 2.44 bits per heavy atom. The van der Waals surface area contributed by atoms with Crippen molar-refractivity contribution >= 4 is 5.91 Å². The van der Waals surface area contributed by atoms with Gasteiger partial charge in [0.25, 0.3) is 0 Å². The van der Waals surface area contributed by atoms with Gasteiger partial charge in [0.05, 0.1) is 5.41 Å². The lowest BCUT2D eigenvalue weighted by atomic mass is 9.77. The van der Waals surface area contributed by atoms with Crippen molar-refractivity contribution in [3.63, 3.8) is 0 Å². The van der Waals surface area contributed by atoms with Crippen molar-refractivity contribution in [3.8, 4) is 0 Å². The summed E-state index contributed by atoms with van der Waals surface area (Å²) >= 11 is 0. The number of amides is 1. The first-order chi connectivity index (χ1) is 8.59. The molecule has 2 atom stereocenters. The number of rotatable bonds is 6. The summed E-state index contributed by atoms with van der Waals surface area (Å²) in [5.74, 6) is 0.857. The minimum atomic E-state index is -0.168. The van der Waals surface area contributed by atoms with Gasteiger partial charge in [-0.3, -0.25) is 4.79 Å². The van der Waals surface area contributed by atoms with E-state index in [9.17, 15) is 4.79 Å². The predicted octanol–water partition coefficient (Wildman–Crippen LogP) is 2.71. The van der Waals surface area contributed by atoms with Crippen LogP contribution in [-0.4, -0.2) is 25.0 Å². The maximum Gasteiger partial charge on any atom is 0.227 e. The Morgan fingerprint density at radius 2 is 2.00 bits per heavy atom. The van der Waals surface area contributed by atoms with E-state index in [0.29, 0.717) is 5.92 Å². The number of hydrogen-bond acceptors (Lipinski definition) is 2. The van der Waals surface area contributed by atoms with E-state index in [4.69, 9.17) is 0 Å². The first-order valence-corrected chi connectivity index (χ1v) is 7.61. The third kappa shape index (κ3) is 3.47. The van der Waals surface area contributed by atoms with Crippen LogP contribution >= 0.6 is 0 Å². The zero-order chi connectivity index (χ0) is 13.6. The highest BCUT2D eigenvalue weighted by Crippen LogP contribution is 2.30. The third-order valence-electron chi connectivity index (χ3n) is 4.75. The van der Waals surface area contributed by atoms with Gasteiger partial charge in [0.1, 0.15) is 0 Å². The van der Waals surface area contributed by atoms with E-state index in [1.807, 2.05) is 0 Å². The van der Waals surface area contributed by atoms with Crippen LogP contribution < -0.4 is 10.6 Å². The molecule has 3 heteroatoms. The molecule has 0 saturated carbocycles. The molecule has 0 spiro atoms. The molecule has 0 aliphatic carbocycles. The van der Waals surface area contributed by atoms with Crippen LogP contribution in [0.2, 0.25) is 0 Å². The molecule has 0 aromatic heterocycles. The fraction of sp³-hybridized carbons (Fsp3) is 0.933. The summed E-state index contributed by atoms with van der Waals surface area (Å²) in [4.78, 5) is 12.5. The van der Waals surface area contributed by atoms with E-state index in [0.717, 1.165) is 45.2 Å². The van der Waals surface area contributed by atoms with Crippen LogP contribution in [-0.2, 0) is 4.79 Å². The second-order valence-corrected chi connectivity index (χ2v) is 5.75. The topological polar surface area (TPSA) is 41.1 Å². The third-order valence-corrected chi connectivity index (χ3v) is 4.75. The Kier molecular flexibility index (Phi) is 6.13. The molecule has 2 N–H and O–H groups in total. The average Bonchev–Trinajstić information content (AvgIpc) is 2.40. The summed E-state index contributed by atoms with van der Waals surface area (Å²) in [5.41, 5.74) is -0.168. The zero-order valence-corrected chi connectivity index (χ0v) is 12.5. The normalized spacial score (nSPS) is 26.1. The van der Waals surface area contributed by atoms with Gasteiger partial charge in [-0.1, -0.05) is 33.6 Å². The molecule has 2 unspecified atom stereocenters.